The molecule has 0 aromatic heterocycles. The Balaban J connectivity index is 2.15. The van der Waals surface area contributed by atoms with Gasteiger partial charge in [0.15, 0.2) is 0 Å². The highest BCUT2D eigenvalue weighted by atomic mass is 35.5. The largest absolute Gasteiger partial charge is 0.396 e. The van der Waals surface area contributed by atoms with Gasteiger partial charge in [0, 0.05) is 11.1 Å². The summed E-state index contributed by atoms with van der Waals surface area (Å²) in [5.74, 6) is -1.86. The Labute approximate surface area is 128 Å². The molecule has 0 unspecified atom stereocenters. The van der Waals surface area contributed by atoms with E-state index in [4.69, 9.17) is 28.9 Å². The van der Waals surface area contributed by atoms with Gasteiger partial charge in [-0.05, 0) is 24.3 Å². The Morgan fingerprint density at radius 2 is 1.67 bits per heavy atom. The number of benzene rings is 2. The molecule has 0 fully saturated rings. The lowest BCUT2D eigenvalue weighted by atomic mass is 10.2. The fourth-order valence-corrected chi connectivity index (χ4v) is 1.87. The lowest BCUT2D eigenvalue weighted by Gasteiger charge is -2.10. The third-order valence-electron chi connectivity index (χ3n) is 2.51. The summed E-state index contributed by atoms with van der Waals surface area (Å²) in [7, 11) is 0. The van der Waals surface area contributed by atoms with Crippen LogP contribution in [0.15, 0.2) is 30.3 Å². The van der Waals surface area contributed by atoms with Crippen LogP contribution in [-0.2, 0) is 0 Å². The van der Waals surface area contributed by atoms with Crippen molar-refractivity contribution in [3.8, 4) is 0 Å². The predicted octanol–water partition coefficient (Wildman–Crippen LogP) is 4.50. The van der Waals surface area contributed by atoms with Gasteiger partial charge in [-0.2, -0.15) is 0 Å². The van der Waals surface area contributed by atoms with Gasteiger partial charge in [0.2, 0.25) is 0 Å². The maximum atomic E-state index is 13.5. The van der Waals surface area contributed by atoms with Crippen LogP contribution in [0.2, 0.25) is 10.0 Å². The molecule has 2 aromatic carbocycles. The van der Waals surface area contributed by atoms with Gasteiger partial charge < -0.3 is 16.4 Å². The van der Waals surface area contributed by atoms with Crippen molar-refractivity contribution in [2.24, 2.45) is 0 Å². The Hall–Kier alpha value is -2.05. The number of anilines is 3. The monoisotopic (exact) mass is 331 g/mol. The van der Waals surface area contributed by atoms with Gasteiger partial charge in [-0.25, -0.2) is 13.6 Å². The quantitative estimate of drug-likeness (QED) is 0.709. The van der Waals surface area contributed by atoms with Crippen LogP contribution >= 0.6 is 23.2 Å². The predicted molar refractivity (Wildman–Crippen MR) is 79.9 cm³/mol. The number of carbonyl (C=O) groups is 1. The van der Waals surface area contributed by atoms with Crippen molar-refractivity contribution in [1.29, 1.82) is 0 Å². The van der Waals surface area contributed by atoms with Gasteiger partial charge in [0.25, 0.3) is 0 Å². The number of nitrogen functional groups attached to an aromatic ring is 1. The zero-order valence-electron chi connectivity index (χ0n) is 10.4. The number of rotatable bonds is 2. The Morgan fingerprint density at radius 1 is 1.00 bits per heavy atom. The summed E-state index contributed by atoms with van der Waals surface area (Å²) in [5, 5.41) is 5.22. The molecular weight excluding hydrogens is 323 g/mol. The van der Waals surface area contributed by atoms with E-state index in [1.807, 2.05) is 0 Å². The molecule has 0 aliphatic carbocycles. The summed E-state index contributed by atoms with van der Waals surface area (Å²) in [4.78, 5) is 11.8. The highest BCUT2D eigenvalue weighted by Gasteiger charge is 2.12. The van der Waals surface area contributed by atoms with E-state index in [2.05, 4.69) is 10.6 Å². The summed E-state index contributed by atoms with van der Waals surface area (Å²) >= 11 is 11.7. The fraction of sp³-hybridized carbons (Fsp3) is 0. The number of nitrogens with two attached hydrogens (primary N) is 1. The topological polar surface area (TPSA) is 67.1 Å². The molecule has 8 heteroatoms. The van der Waals surface area contributed by atoms with Crippen molar-refractivity contribution in [1.82, 2.24) is 0 Å². The molecule has 0 aliphatic heterocycles. The summed E-state index contributed by atoms with van der Waals surface area (Å²) in [5.41, 5.74) is 5.01. The second-order valence-corrected chi connectivity index (χ2v) is 4.90. The molecule has 0 saturated heterocycles. The normalized spacial score (nSPS) is 10.3. The molecule has 0 bridgehead atoms. The number of halogens is 4. The van der Waals surface area contributed by atoms with E-state index >= 15 is 0 Å². The van der Waals surface area contributed by atoms with Crippen molar-refractivity contribution in [2.45, 2.75) is 0 Å². The van der Waals surface area contributed by atoms with Gasteiger partial charge >= 0.3 is 6.03 Å². The summed E-state index contributed by atoms with van der Waals surface area (Å²) < 4.78 is 26.5. The Morgan fingerprint density at radius 3 is 2.38 bits per heavy atom. The summed E-state index contributed by atoms with van der Waals surface area (Å²) in [6.45, 7) is 0. The van der Waals surface area contributed by atoms with Crippen molar-refractivity contribution in [2.75, 3.05) is 16.4 Å². The average Bonchev–Trinajstić information content (AvgIpc) is 2.40. The third-order valence-corrected chi connectivity index (χ3v) is 3.08. The highest BCUT2D eigenvalue weighted by molar-refractivity contribution is 6.35. The lowest BCUT2D eigenvalue weighted by Crippen LogP contribution is -2.20. The molecule has 0 aliphatic rings. The number of hydrogen-bond donors (Lipinski definition) is 3. The van der Waals surface area contributed by atoms with E-state index < -0.39 is 17.7 Å². The molecule has 2 aromatic rings. The van der Waals surface area contributed by atoms with Crippen molar-refractivity contribution in [3.05, 3.63) is 52.0 Å². The van der Waals surface area contributed by atoms with Crippen LogP contribution in [0.25, 0.3) is 0 Å². The number of amides is 2. The van der Waals surface area contributed by atoms with Gasteiger partial charge in [-0.1, -0.05) is 23.2 Å². The minimum Gasteiger partial charge on any atom is -0.396 e. The second kappa shape index (κ2) is 6.15. The summed E-state index contributed by atoms with van der Waals surface area (Å²) in [6, 6.07) is 5.26. The minimum absolute atomic E-state index is 0.247. The number of nitrogens with one attached hydrogen (secondary N) is 2. The average molecular weight is 332 g/mol. The van der Waals surface area contributed by atoms with Crippen LogP contribution in [0, 0.1) is 11.6 Å². The van der Waals surface area contributed by atoms with E-state index in [1.54, 1.807) is 6.07 Å². The van der Waals surface area contributed by atoms with E-state index in [0.29, 0.717) is 11.1 Å². The first-order chi connectivity index (χ1) is 9.86. The van der Waals surface area contributed by atoms with Crippen LogP contribution in [0.1, 0.15) is 0 Å². The molecule has 110 valence electrons. The molecule has 2 amide bonds. The highest BCUT2D eigenvalue weighted by Crippen LogP contribution is 2.26. The third kappa shape index (κ3) is 3.74. The van der Waals surface area contributed by atoms with Crippen LogP contribution in [0.5, 0.6) is 0 Å². The van der Waals surface area contributed by atoms with Gasteiger partial charge in [-0.15, -0.1) is 0 Å². The van der Waals surface area contributed by atoms with Gasteiger partial charge in [0.05, 0.1) is 22.1 Å². The molecule has 0 spiro atoms. The van der Waals surface area contributed by atoms with Gasteiger partial charge in [0.1, 0.15) is 11.6 Å². The lowest BCUT2D eigenvalue weighted by molar-refractivity contribution is 0.262. The summed E-state index contributed by atoms with van der Waals surface area (Å²) in [6.07, 6.45) is 0. The van der Waals surface area contributed by atoms with E-state index in [9.17, 15) is 13.6 Å². The van der Waals surface area contributed by atoms with E-state index in [-0.39, 0.29) is 22.1 Å². The van der Waals surface area contributed by atoms with Crippen LogP contribution in [-0.4, -0.2) is 6.03 Å². The first kappa shape index (κ1) is 15.3. The van der Waals surface area contributed by atoms with Crippen molar-refractivity contribution in [3.63, 3.8) is 0 Å². The molecule has 0 saturated carbocycles. The Bertz CT molecular complexity index is 710. The number of urea groups is 1. The second-order valence-electron chi connectivity index (χ2n) is 4.06. The molecule has 4 N–H and O–H groups in total. The molecule has 0 heterocycles. The molecule has 0 atom stereocenters. The van der Waals surface area contributed by atoms with Crippen LogP contribution in [0.3, 0.4) is 0 Å². The molecule has 0 radical (unpaired) electrons. The first-order valence-corrected chi connectivity index (χ1v) is 6.40. The first-order valence-electron chi connectivity index (χ1n) is 5.64. The standard InChI is InChI=1S/C13H9Cl2F2N3O/c14-6-1-2-7(15)11(3-6)19-13(21)20-12-5-10(18)8(16)4-9(12)17/h1-5H,18H2,(H2,19,20,21). The molecule has 21 heavy (non-hydrogen) atoms. The van der Waals surface area contributed by atoms with Crippen molar-refractivity contribution < 1.29 is 13.6 Å². The SMILES string of the molecule is Nc1cc(NC(=O)Nc2cc(Cl)ccc2Cl)c(F)cc1F. The zero-order valence-corrected chi connectivity index (χ0v) is 11.9. The van der Waals surface area contributed by atoms with Crippen LogP contribution in [0.4, 0.5) is 30.6 Å². The molecule has 4 nitrogen and oxygen atoms in total. The molecule has 2 rings (SSSR count). The number of carbonyl (C=O) groups excluding carboxylic acids is 1. The van der Waals surface area contributed by atoms with Gasteiger partial charge in [-0.3, -0.25) is 0 Å². The van der Waals surface area contributed by atoms with E-state index in [0.717, 1.165) is 6.07 Å². The zero-order chi connectivity index (χ0) is 15.6. The van der Waals surface area contributed by atoms with E-state index in [1.165, 1.54) is 12.1 Å². The smallest absolute Gasteiger partial charge is 0.323 e. The Kier molecular flexibility index (Phi) is 4.50. The number of hydrogen-bond acceptors (Lipinski definition) is 2. The van der Waals surface area contributed by atoms with Crippen LogP contribution < -0.4 is 16.4 Å². The minimum atomic E-state index is -0.950. The van der Waals surface area contributed by atoms with Crippen molar-refractivity contribution >= 4 is 46.3 Å². The maximum Gasteiger partial charge on any atom is 0.323 e. The fourth-order valence-electron chi connectivity index (χ4n) is 1.53. The maximum absolute atomic E-state index is 13.5. The molecular formula is C13H9Cl2F2N3O.